The fourth-order valence-corrected chi connectivity index (χ4v) is 2.69. The number of primary amides is 1. The van der Waals surface area contributed by atoms with Gasteiger partial charge in [-0.1, -0.05) is 84.5 Å². The molecule has 0 saturated heterocycles. The summed E-state index contributed by atoms with van der Waals surface area (Å²) in [5, 5.41) is 9.80. The molecule has 3 N–H and O–H groups in total. The lowest BCUT2D eigenvalue weighted by Crippen LogP contribution is -2.24. The maximum Gasteiger partial charge on any atom is 0.220 e. The molecule has 0 heterocycles. The molecule has 0 radical (unpaired) electrons. The zero-order valence-corrected chi connectivity index (χ0v) is 14.3. The normalized spacial score (nSPS) is 14.0. The van der Waals surface area contributed by atoms with Gasteiger partial charge in [0.05, 0.1) is 6.10 Å². The van der Waals surface area contributed by atoms with Crippen LogP contribution in [0.15, 0.2) is 0 Å². The molecule has 0 fully saturated rings. The number of amides is 1. The summed E-state index contributed by atoms with van der Waals surface area (Å²) in [7, 11) is 0. The average Bonchev–Trinajstić information content (AvgIpc) is 2.44. The highest BCUT2D eigenvalue weighted by molar-refractivity contribution is 5.76. The highest BCUT2D eigenvalue weighted by atomic mass is 16.3. The van der Waals surface area contributed by atoms with Gasteiger partial charge in [-0.3, -0.25) is 4.79 Å². The highest BCUT2D eigenvalue weighted by Gasteiger charge is 2.14. The molecule has 21 heavy (non-hydrogen) atoms. The zero-order valence-electron chi connectivity index (χ0n) is 14.3. The summed E-state index contributed by atoms with van der Waals surface area (Å²) < 4.78 is 0. The van der Waals surface area contributed by atoms with E-state index in [-0.39, 0.29) is 17.9 Å². The maximum atomic E-state index is 10.9. The Labute approximate surface area is 131 Å². The number of hydrogen-bond acceptors (Lipinski definition) is 2. The highest BCUT2D eigenvalue weighted by Crippen LogP contribution is 2.15. The fraction of sp³-hybridized carbons (Fsp3) is 0.944. The number of nitrogens with two attached hydrogens (primary N) is 1. The molecule has 0 aliphatic heterocycles. The Kier molecular flexibility index (Phi) is 14.0. The monoisotopic (exact) mass is 299 g/mol. The number of aliphatic hydroxyl groups excluding tert-OH is 1. The first kappa shape index (κ1) is 20.4. The molecule has 3 heteroatoms. The number of aliphatic hydroxyl groups is 1. The van der Waals surface area contributed by atoms with Crippen molar-refractivity contribution in [2.45, 2.75) is 103 Å². The first-order chi connectivity index (χ1) is 10.1. The molecule has 2 unspecified atom stereocenters. The predicted octanol–water partition coefficient (Wildman–Crippen LogP) is 4.56. The van der Waals surface area contributed by atoms with E-state index in [4.69, 9.17) is 5.73 Å². The lowest BCUT2D eigenvalue weighted by molar-refractivity contribution is -0.122. The van der Waals surface area contributed by atoms with Gasteiger partial charge in [-0.15, -0.1) is 0 Å². The number of rotatable bonds is 15. The molecule has 2 atom stereocenters. The van der Waals surface area contributed by atoms with Gasteiger partial charge >= 0.3 is 0 Å². The quantitative estimate of drug-likeness (QED) is 0.435. The van der Waals surface area contributed by atoms with Crippen LogP contribution in [0.1, 0.15) is 97.3 Å². The SMILES string of the molecule is CCCCCCCCCCCCCC(O)CC(C)C(N)=O. The van der Waals surface area contributed by atoms with Crippen molar-refractivity contribution in [1.29, 1.82) is 0 Å². The van der Waals surface area contributed by atoms with Crippen molar-refractivity contribution in [3.8, 4) is 0 Å². The number of hydrogen-bond donors (Lipinski definition) is 2. The second kappa shape index (κ2) is 14.4. The van der Waals surface area contributed by atoms with Crippen LogP contribution >= 0.6 is 0 Å². The third-order valence-corrected chi connectivity index (χ3v) is 4.25. The van der Waals surface area contributed by atoms with Crippen molar-refractivity contribution in [2.24, 2.45) is 11.7 Å². The van der Waals surface area contributed by atoms with E-state index in [1.807, 2.05) is 0 Å². The first-order valence-electron chi connectivity index (χ1n) is 9.05. The Morgan fingerprint density at radius 1 is 0.905 bits per heavy atom. The van der Waals surface area contributed by atoms with Crippen LogP contribution in [0.3, 0.4) is 0 Å². The van der Waals surface area contributed by atoms with Crippen molar-refractivity contribution >= 4 is 5.91 Å². The van der Waals surface area contributed by atoms with E-state index < -0.39 is 0 Å². The topological polar surface area (TPSA) is 63.3 Å². The Morgan fingerprint density at radius 3 is 1.76 bits per heavy atom. The third kappa shape index (κ3) is 14.1. The number of unbranched alkanes of at least 4 members (excludes halogenated alkanes) is 10. The molecular weight excluding hydrogens is 262 g/mol. The van der Waals surface area contributed by atoms with Crippen molar-refractivity contribution in [3.63, 3.8) is 0 Å². The minimum Gasteiger partial charge on any atom is -0.393 e. The number of carbonyl (C=O) groups is 1. The van der Waals surface area contributed by atoms with Crippen LogP contribution in [-0.4, -0.2) is 17.1 Å². The van der Waals surface area contributed by atoms with Gasteiger partial charge in [-0.2, -0.15) is 0 Å². The molecule has 126 valence electrons. The van der Waals surface area contributed by atoms with Gasteiger partial charge in [-0.25, -0.2) is 0 Å². The van der Waals surface area contributed by atoms with Gasteiger partial charge in [0.15, 0.2) is 0 Å². The van der Waals surface area contributed by atoms with Crippen LogP contribution < -0.4 is 5.73 Å². The zero-order chi connectivity index (χ0) is 15.9. The van der Waals surface area contributed by atoms with Crippen molar-refractivity contribution in [1.82, 2.24) is 0 Å². The molecule has 3 nitrogen and oxygen atoms in total. The second-order valence-corrected chi connectivity index (χ2v) is 6.52. The summed E-state index contributed by atoms with van der Waals surface area (Å²) >= 11 is 0. The molecule has 0 aromatic heterocycles. The van der Waals surface area contributed by atoms with Crippen LogP contribution in [0.4, 0.5) is 0 Å². The molecule has 0 aliphatic carbocycles. The van der Waals surface area contributed by atoms with Crippen LogP contribution in [0, 0.1) is 5.92 Å². The van der Waals surface area contributed by atoms with Crippen molar-refractivity contribution < 1.29 is 9.90 Å². The Morgan fingerprint density at radius 2 is 1.33 bits per heavy atom. The summed E-state index contributed by atoms with van der Waals surface area (Å²) in [6.45, 7) is 4.04. The van der Waals surface area contributed by atoms with Gasteiger partial charge in [0.25, 0.3) is 0 Å². The lowest BCUT2D eigenvalue weighted by Gasteiger charge is -2.13. The second-order valence-electron chi connectivity index (χ2n) is 6.52. The molecule has 0 aliphatic rings. The van der Waals surface area contributed by atoms with Gasteiger partial charge in [0.1, 0.15) is 0 Å². The minimum atomic E-state index is -0.369. The molecule has 1 amide bonds. The van der Waals surface area contributed by atoms with E-state index in [0.717, 1.165) is 12.8 Å². The third-order valence-electron chi connectivity index (χ3n) is 4.25. The van der Waals surface area contributed by atoms with E-state index in [1.165, 1.54) is 64.2 Å². The fourth-order valence-electron chi connectivity index (χ4n) is 2.69. The van der Waals surface area contributed by atoms with Crippen molar-refractivity contribution in [2.75, 3.05) is 0 Å². The molecule has 0 rings (SSSR count). The molecule has 0 spiro atoms. The van der Waals surface area contributed by atoms with Crippen LogP contribution in [-0.2, 0) is 4.79 Å². The molecule has 0 aromatic carbocycles. The van der Waals surface area contributed by atoms with Crippen molar-refractivity contribution in [3.05, 3.63) is 0 Å². The van der Waals surface area contributed by atoms with Gasteiger partial charge in [0, 0.05) is 5.92 Å². The summed E-state index contributed by atoms with van der Waals surface area (Å²) in [6, 6.07) is 0. The Bertz CT molecular complexity index is 243. The van der Waals surface area contributed by atoms with E-state index >= 15 is 0 Å². The van der Waals surface area contributed by atoms with E-state index in [1.54, 1.807) is 6.92 Å². The smallest absolute Gasteiger partial charge is 0.220 e. The molecular formula is C18H37NO2. The summed E-state index contributed by atoms with van der Waals surface area (Å²) in [6.07, 6.45) is 15.4. The lowest BCUT2D eigenvalue weighted by atomic mass is 9.98. The standard InChI is InChI=1S/C18H37NO2/c1-3-4-5-6-7-8-9-10-11-12-13-14-17(20)15-16(2)18(19)21/h16-17,20H,3-15H2,1-2H3,(H2,19,21). The van der Waals surface area contributed by atoms with Crippen LogP contribution in [0.5, 0.6) is 0 Å². The van der Waals surface area contributed by atoms with E-state index in [2.05, 4.69) is 6.92 Å². The van der Waals surface area contributed by atoms with Gasteiger partial charge in [0.2, 0.25) is 5.91 Å². The minimum absolute atomic E-state index is 0.215. The van der Waals surface area contributed by atoms with Crippen LogP contribution in [0.2, 0.25) is 0 Å². The van der Waals surface area contributed by atoms with Gasteiger partial charge < -0.3 is 10.8 Å². The average molecular weight is 299 g/mol. The molecule has 0 bridgehead atoms. The summed E-state index contributed by atoms with van der Waals surface area (Å²) in [4.78, 5) is 10.9. The van der Waals surface area contributed by atoms with Gasteiger partial charge in [-0.05, 0) is 12.8 Å². The Hall–Kier alpha value is -0.570. The summed E-state index contributed by atoms with van der Waals surface area (Å²) in [5.74, 6) is -0.527. The largest absolute Gasteiger partial charge is 0.393 e. The molecule has 0 aromatic rings. The predicted molar refractivity (Wildman–Crippen MR) is 90.1 cm³/mol. The van der Waals surface area contributed by atoms with Crippen LogP contribution in [0.25, 0.3) is 0 Å². The first-order valence-corrected chi connectivity index (χ1v) is 9.05. The maximum absolute atomic E-state index is 10.9. The Balaban J connectivity index is 3.23. The van der Waals surface area contributed by atoms with E-state index in [0.29, 0.717) is 6.42 Å². The van der Waals surface area contributed by atoms with E-state index in [9.17, 15) is 9.90 Å². The number of carbonyl (C=O) groups excluding carboxylic acids is 1. The molecule has 0 saturated carbocycles. The summed E-state index contributed by atoms with van der Waals surface area (Å²) in [5.41, 5.74) is 5.20.